The van der Waals surface area contributed by atoms with Crippen molar-refractivity contribution in [3.63, 3.8) is 0 Å². The van der Waals surface area contributed by atoms with Crippen molar-refractivity contribution in [2.75, 3.05) is 57.9 Å². The summed E-state index contributed by atoms with van der Waals surface area (Å²) in [5, 5.41) is 4.15. The van der Waals surface area contributed by atoms with Gasteiger partial charge in [0.2, 0.25) is 0 Å². The number of methoxy groups -OCH3 is 1. The molecule has 1 saturated heterocycles. The van der Waals surface area contributed by atoms with Gasteiger partial charge in [0.25, 0.3) is 0 Å². The number of rotatable bonds is 7. The maximum Gasteiger partial charge on any atom is 0.194 e. The predicted octanol–water partition coefficient (Wildman–Crippen LogP) is 2.90. The minimum Gasteiger partial charge on any atom is -0.469 e. The summed E-state index contributed by atoms with van der Waals surface area (Å²) in [6.45, 7) is 5.53. The average Bonchev–Trinajstić information content (AvgIpc) is 3.21. The number of pyridine rings is 1. The standard InChI is InChI=1S/C19H26ClN5O2.HI/c1-26-14-8-23-19(22-7-4-16-3-2-13-27-16)25-11-9-24(10-12-25)18-5-6-21-15-17(18)20;/h2-3,5-6,13,15H,4,7-12,14H2,1H3,(H,22,23);1H. The van der Waals surface area contributed by atoms with E-state index in [1.807, 2.05) is 18.2 Å². The smallest absolute Gasteiger partial charge is 0.194 e. The summed E-state index contributed by atoms with van der Waals surface area (Å²) < 4.78 is 10.5. The third-order valence-corrected chi connectivity index (χ3v) is 4.75. The molecule has 3 heterocycles. The van der Waals surface area contributed by atoms with E-state index in [4.69, 9.17) is 25.7 Å². The van der Waals surface area contributed by atoms with Crippen LogP contribution in [-0.4, -0.2) is 68.8 Å². The van der Waals surface area contributed by atoms with Crippen LogP contribution < -0.4 is 10.2 Å². The molecule has 9 heteroatoms. The maximum atomic E-state index is 6.28. The molecule has 1 N–H and O–H groups in total. The first-order chi connectivity index (χ1) is 13.3. The van der Waals surface area contributed by atoms with Crippen molar-refractivity contribution in [1.29, 1.82) is 0 Å². The zero-order valence-electron chi connectivity index (χ0n) is 16.0. The topological polar surface area (TPSA) is 66.1 Å². The van der Waals surface area contributed by atoms with Crippen molar-refractivity contribution >= 4 is 47.2 Å². The minimum atomic E-state index is 0. The van der Waals surface area contributed by atoms with Gasteiger partial charge in [-0.3, -0.25) is 9.98 Å². The highest BCUT2D eigenvalue weighted by Gasteiger charge is 2.21. The van der Waals surface area contributed by atoms with Crippen molar-refractivity contribution < 1.29 is 9.15 Å². The van der Waals surface area contributed by atoms with Gasteiger partial charge in [0.1, 0.15) is 5.76 Å². The molecule has 1 fully saturated rings. The molecule has 2 aromatic rings. The van der Waals surface area contributed by atoms with Gasteiger partial charge in [-0.1, -0.05) is 11.6 Å². The Morgan fingerprint density at radius 1 is 1.32 bits per heavy atom. The van der Waals surface area contributed by atoms with E-state index < -0.39 is 0 Å². The summed E-state index contributed by atoms with van der Waals surface area (Å²) in [5.41, 5.74) is 1.04. The molecule has 0 unspecified atom stereocenters. The van der Waals surface area contributed by atoms with Gasteiger partial charge in [-0.25, -0.2) is 0 Å². The number of guanidine groups is 1. The summed E-state index contributed by atoms with van der Waals surface area (Å²) in [4.78, 5) is 13.3. The molecule has 1 aliphatic rings. The van der Waals surface area contributed by atoms with Crippen LogP contribution in [0, 0.1) is 0 Å². The van der Waals surface area contributed by atoms with Gasteiger partial charge in [0.05, 0.1) is 30.1 Å². The Morgan fingerprint density at radius 3 is 2.82 bits per heavy atom. The van der Waals surface area contributed by atoms with Crippen LogP contribution in [0.4, 0.5) is 5.69 Å². The summed E-state index contributed by atoms with van der Waals surface area (Å²) in [7, 11) is 1.69. The third kappa shape index (κ3) is 6.52. The van der Waals surface area contributed by atoms with Crippen molar-refractivity contribution in [1.82, 2.24) is 15.2 Å². The summed E-state index contributed by atoms with van der Waals surface area (Å²) in [5.74, 6) is 1.88. The van der Waals surface area contributed by atoms with E-state index in [-0.39, 0.29) is 24.0 Å². The van der Waals surface area contributed by atoms with Crippen LogP contribution in [0.5, 0.6) is 0 Å². The summed E-state index contributed by atoms with van der Waals surface area (Å²) in [6.07, 6.45) is 5.99. The second kappa shape index (κ2) is 12.1. The number of hydrogen-bond acceptors (Lipinski definition) is 5. The highest BCUT2D eigenvalue weighted by Crippen LogP contribution is 2.25. The lowest BCUT2D eigenvalue weighted by molar-refractivity contribution is 0.207. The molecule has 0 saturated carbocycles. The number of ether oxygens (including phenoxy) is 1. The number of nitrogens with one attached hydrogen (secondary N) is 1. The highest BCUT2D eigenvalue weighted by molar-refractivity contribution is 14.0. The van der Waals surface area contributed by atoms with Crippen molar-refractivity contribution in [3.05, 3.63) is 47.6 Å². The van der Waals surface area contributed by atoms with Crippen molar-refractivity contribution in [2.45, 2.75) is 6.42 Å². The largest absolute Gasteiger partial charge is 0.469 e. The van der Waals surface area contributed by atoms with Crippen LogP contribution in [0.3, 0.4) is 0 Å². The molecule has 0 aliphatic carbocycles. The van der Waals surface area contributed by atoms with Gasteiger partial charge in [0.15, 0.2) is 5.96 Å². The fourth-order valence-electron chi connectivity index (χ4n) is 3.05. The Morgan fingerprint density at radius 2 is 2.14 bits per heavy atom. The lowest BCUT2D eigenvalue weighted by atomic mass is 10.2. The number of piperazine rings is 1. The van der Waals surface area contributed by atoms with Gasteiger partial charge >= 0.3 is 0 Å². The molecule has 1 aliphatic heterocycles. The molecule has 0 radical (unpaired) electrons. The molecule has 154 valence electrons. The molecule has 0 atom stereocenters. The fourth-order valence-corrected chi connectivity index (χ4v) is 3.29. The number of aromatic nitrogens is 1. The number of aliphatic imine (C=N–C) groups is 1. The zero-order chi connectivity index (χ0) is 18.9. The van der Waals surface area contributed by atoms with E-state index in [0.29, 0.717) is 18.2 Å². The van der Waals surface area contributed by atoms with Crippen LogP contribution in [0.2, 0.25) is 5.02 Å². The summed E-state index contributed by atoms with van der Waals surface area (Å²) >= 11 is 6.28. The molecule has 7 nitrogen and oxygen atoms in total. The third-order valence-electron chi connectivity index (χ3n) is 4.46. The second-order valence-corrected chi connectivity index (χ2v) is 6.66. The van der Waals surface area contributed by atoms with E-state index in [2.05, 4.69) is 20.1 Å². The molecule has 0 aromatic carbocycles. The van der Waals surface area contributed by atoms with Crippen LogP contribution in [0.1, 0.15) is 5.76 Å². The number of nitrogens with zero attached hydrogens (tertiary/aromatic N) is 4. The quantitative estimate of drug-likeness (QED) is 0.263. The normalized spacial score (nSPS) is 14.7. The molecule has 0 bridgehead atoms. The number of halogens is 2. The molecular formula is C19H27ClIN5O2. The molecule has 3 rings (SSSR count). The van der Waals surface area contributed by atoms with Crippen molar-refractivity contribution in [3.8, 4) is 0 Å². The molecule has 0 spiro atoms. The van der Waals surface area contributed by atoms with Gasteiger partial charge < -0.3 is 24.3 Å². The Bertz CT molecular complexity index is 721. The Kier molecular flexibility index (Phi) is 9.86. The minimum absolute atomic E-state index is 0. The fraction of sp³-hybridized carbons (Fsp3) is 0.474. The van der Waals surface area contributed by atoms with Crippen LogP contribution >= 0.6 is 35.6 Å². The van der Waals surface area contributed by atoms with Crippen LogP contribution in [0.15, 0.2) is 46.3 Å². The van der Waals surface area contributed by atoms with Crippen LogP contribution in [0.25, 0.3) is 0 Å². The molecule has 0 amide bonds. The van der Waals surface area contributed by atoms with Gasteiger partial charge in [0, 0.05) is 58.6 Å². The second-order valence-electron chi connectivity index (χ2n) is 6.26. The van der Waals surface area contributed by atoms with Gasteiger partial charge in [-0.05, 0) is 18.2 Å². The lowest BCUT2D eigenvalue weighted by Crippen LogP contribution is -2.53. The van der Waals surface area contributed by atoms with E-state index >= 15 is 0 Å². The monoisotopic (exact) mass is 519 g/mol. The van der Waals surface area contributed by atoms with E-state index in [0.717, 1.165) is 56.6 Å². The Hall–Kier alpha value is -1.52. The number of furan rings is 1. The van der Waals surface area contributed by atoms with Crippen LogP contribution in [-0.2, 0) is 11.2 Å². The first-order valence-corrected chi connectivity index (χ1v) is 9.55. The summed E-state index contributed by atoms with van der Waals surface area (Å²) in [6, 6.07) is 5.86. The number of hydrogen-bond donors (Lipinski definition) is 1. The number of anilines is 1. The predicted molar refractivity (Wildman–Crippen MR) is 123 cm³/mol. The Labute approximate surface area is 188 Å². The lowest BCUT2D eigenvalue weighted by Gasteiger charge is -2.38. The van der Waals surface area contributed by atoms with E-state index in [9.17, 15) is 0 Å². The molecular weight excluding hydrogens is 493 g/mol. The SMILES string of the molecule is COCCN=C(NCCc1ccco1)N1CCN(c2ccncc2Cl)CC1.I. The first kappa shape index (κ1) is 22.8. The van der Waals surface area contributed by atoms with E-state index in [1.165, 1.54) is 0 Å². The van der Waals surface area contributed by atoms with Crippen molar-refractivity contribution in [2.24, 2.45) is 4.99 Å². The van der Waals surface area contributed by atoms with E-state index in [1.54, 1.807) is 25.8 Å². The maximum absolute atomic E-state index is 6.28. The first-order valence-electron chi connectivity index (χ1n) is 9.17. The average molecular weight is 520 g/mol. The Balaban J connectivity index is 0.00000280. The zero-order valence-corrected chi connectivity index (χ0v) is 19.1. The van der Waals surface area contributed by atoms with Gasteiger partial charge in [-0.15, -0.1) is 24.0 Å². The highest BCUT2D eigenvalue weighted by atomic mass is 127. The molecule has 2 aromatic heterocycles. The van der Waals surface area contributed by atoms with Gasteiger partial charge in [-0.2, -0.15) is 0 Å². The molecule has 28 heavy (non-hydrogen) atoms.